The van der Waals surface area contributed by atoms with E-state index >= 15 is 0 Å². The normalized spacial score (nSPS) is 15.3. The average molecular weight is 583 g/mol. The predicted octanol–water partition coefficient (Wildman–Crippen LogP) is 5.65. The molecule has 0 heterocycles. The molecule has 0 spiro atoms. The lowest BCUT2D eigenvalue weighted by Gasteiger charge is -2.33. The number of hydrogen-bond acceptors (Lipinski definition) is 4. The molecule has 1 saturated carbocycles. The molecule has 3 rings (SSSR count). The van der Waals surface area contributed by atoms with Crippen molar-refractivity contribution in [3.8, 4) is 0 Å². The molecule has 0 radical (unpaired) electrons. The zero-order chi connectivity index (χ0) is 27.7. The van der Waals surface area contributed by atoms with Crippen LogP contribution in [0.15, 0.2) is 53.4 Å². The van der Waals surface area contributed by atoms with Gasteiger partial charge in [0.1, 0.15) is 6.04 Å². The van der Waals surface area contributed by atoms with Crippen LogP contribution >= 0.6 is 23.2 Å². The third-order valence-corrected chi connectivity index (χ3v) is 9.62. The van der Waals surface area contributed by atoms with Crippen molar-refractivity contribution in [2.45, 2.75) is 81.8 Å². The molecular formula is C28H37Cl2N3O4S. The van der Waals surface area contributed by atoms with Crippen LogP contribution in [-0.2, 0) is 26.2 Å². The first-order chi connectivity index (χ1) is 18.1. The van der Waals surface area contributed by atoms with Crippen molar-refractivity contribution in [3.63, 3.8) is 0 Å². The van der Waals surface area contributed by atoms with Crippen LogP contribution in [0.25, 0.3) is 0 Å². The van der Waals surface area contributed by atoms with E-state index in [2.05, 4.69) is 5.32 Å². The Balaban J connectivity index is 1.74. The number of carbonyl (C=O) groups excluding carboxylic acids is 2. The highest BCUT2D eigenvalue weighted by Gasteiger charge is 2.31. The quantitative estimate of drug-likeness (QED) is 0.351. The van der Waals surface area contributed by atoms with Gasteiger partial charge in [0.05, 0.1) is 4.90 Å². The zero-order valence-electron chi connectivity index (χ0n) is 22.0. The summed E-state index contributed by atoms with van der Waals surface area (Å²) >= 11 is 12.8. The number of amides is 2. The van der Waals surface area contributed by atoms with Gasteiger partial charge in [-0.25, -0.2) is 12.7 Å². The van der Waals surface area contributed by atoms with Gasteiger partial charge in [0.15, 0.2) is 0 Å². The second kappa shape index (κ2) is 14.3. The van der Waals surface area contributed by atoms with Gasteiger partial charge in [0.25, 0.3) is 0 Å². The van der Waals surface area contributed by atoms with Crippen molar-refractivity contribution in [1.29, 1.82) is 0 Å². The maximum absolute atomic E-state index is 13.6. The molecule has 0 aromatic heterocycles. The third kappa shape index (κ3) is 7.94. The Kier molecular flexibility index (Phi) is 11.5. The molecule has 2 aromatic carbocycles. The van der Waals surface area contributed by atoms with Gasteiger partial charge < -0.3 is 10.2 Å². The topological polar surface area (TPSA) is 86.8 Å². The SMILES string of the molecule is CC[C@H](C(=O)NC1CCCCC1)N(Cc1c(Cl)cccc1Cl)C(=O)CCCN(C)S(=O)(=O)c1ccccc1. The summed E-state index contributed by atoms with van der Waals surface area (Å²) in [4.78, 5) is 28.7. The molecule has 0 bridgehead atoms. The number of carbonyl (C=O) groups is 2. The summed E-state index contributed by atoms with van der Waals surface area (Å²) in [5.41, 5.74) is 0.580. The highest BCUT2D eigenvalue weighted by Crippen LogP contribution is 2.28. The third-order valence-electron chi connectivity index (χ3n) is 7.04. The number of hydrogen-bond donors (Lipinski definition) is 1. The molecule has 0 saturated heterocycles. The van der Waals surface area contributed by atoms with Gasteiger partial charge >= 0.3 is 0 Å². The first-order valence-corrected chi connectivity index (χ1v) is 15.4. The predicted molar refractivity (Wildman–Crippen MR) is 152 cm³/mol. The van der Waals surface area contributed by atoms with E-state index in [4.69, 9.17) is 23.2 Å². The van der Waals surface area contributed by atoms with Crippen molar-refractivity contribution in [1.82, 2.24) is 14.5 Å². The standard InChI is InChI=1S/C28H37Cl2N3O4S/c1-3-26(28(35)31-21-12-6-4-7-13-21)33(20-23-24(29)16-10-17-25(23)30)27(34)18-11-19-32(2)38(36,37)22-14-8-5-9-15-22/h5,8-10,14-17,21,26H,3-4,6-7,11-13,18-20H2,1-2H3,(H,31,35)/t26-/m1/s1. The van der Waals surface area contributed by atoms with Gasteiger partial charge in [-0.2, -0.15) is 0 Å². The van der Waals surface area contributed by atoms with E-state index in [1.165, 1.54) is 22.7 Å². The number of benzene rings is 2. The van der Waals surface area contributed by atoms with Crippen molar-refractivity contribution in [2.24, 2.45) is 0 Å². The molecule has 1 atom stereocenters. The Hall–Kier alpha value is -2.13. The minimum atomic E-state index is -3.66. The number of rotatable bonds is 12. The van der Waals surface area contributed by atoms with E-state index < -0.39 is 16.1 Å². The summed E-state index contributed by atoms with van der Waals surface area (Å²) in [7, 11) is -2.16. The minimum absolute atomic E-state index is 0.0733. The molecule has 38 heavy (non-hydrogen) atoms. The second-order valence-electron chi connectivity index (χ2n) is 9.73. The zero-order valence-corrected chi connectivity index (χ0v) is 24.4. The molecule has 0 unspecified atom stereocenters. The fraction of sp³-hybridized carbons (Fsp3) is 0.500. The Labute approximate surface area is 236 Å². The Morgan fingerprint density at radius 3 is 2.24 bits per heavy atom. The molecule has 1 fully saturated rings. The lowest BCUT2D eigenvalue weighted by atomic mass is 9.95. The first kappa shape index (κ1) is 30.4. The second-order valence-corrected chi connectivity index (χ2v) is 12.6. The average Bonchev–Trinajstić information content (AvgIpc) is 2.91. The van der Waals surface area contributed by atoms with Crippen LogP contribution in [-0.4, -0.2) is 55.1 Å². The molecule has 208 valence electrons. The van der Waals surface area contributed by atoms with Crippen LogP contribution in [0.3, 0.4) is 0 Å². The molecule has 7 nitrogen and oxygen atoms in total. The summed E-state index contributed by atoms with van der Waals surface area (Å²) in [5.74, 6) is -0.433. The van der Waals surface area contributed by atoms with Crippen molar-refractivity contribution >= 4 is 45.0 Å². The smallest absolute Gasteiger partial charge is 0.243 e. The van der Waals surface area contributed by atoms with E-state index in [-0.39, 0.29) is 42.3 Å². The van der Waals surface area contributed by atoms with Crippen molar-refractivity contribution < 1.29 is 18.0 Å². The fourth-order valence-corrected chi connectivity index (χ4v) is 6.55. The van der Waals surface area contributed by atoms with Crippen molar-refractivity contribution in [3.05, 3.63) is 64.1 Å². The molecule has 1 aliphatic carbocycles. The fourth-order valence-electron chi connectivity index (χ4n) is 4.81. The maximum atomic E-state index is 13.6. The lowest BCUT2D eigenvalue weighted by molar-refractivity contribution is -0.141. The first-order valence-electron chi connectivity index (χ1n) is 13.2. The highest BCUT2D eigenvalue weighted by atomic mass is 35.5. The maximum Gasteiger partial charge on any atom is 0.243 e. The van der Waals surface area contributed by atoms with E-state index in [1.54, 1.807) is 48.5 Å². The Morgan fingerprint density at radius 2 is 1.63 bits per heavy atom. The highest BCUT2D eigenvalue weighted by molar-refractivity contribution is 7.89. The Morgan fingerprint density at radius 1 is 1.00 bits per heavy atom. The molecule has 1 aliphatic rings. The molecule has 1 N–H and O–H groups in total. The van der Waals surface area contributed by atoms with Gasteiger partial charge in [0, 0.05) is 48.2 Å². The van der Waals surface area contributed by atoms with Crippen LogP contribution in [0.4, 0.5) is 0 Å². The van der Waals surface area contributed by atoms with Crippen LogP contribution in [0.1, 0.15) is 63.9 Å². The Bertz CT molecular complexity index is 1170. The monoisotopic (exact) mass is 581 g/mol. The van der Waals surface area contributed by atoms with Gasteiger partial charge in [-0.15, -0.1) is 0 Å². The number of sulfonamides is 1. The van der Waals surface area contributed by atoms with Gasteiger partial charge in [0.2, 0.25) is 21.8 Å². The molecule has 2 amide bonds. The van der Waals surface area contributed by atoms with E-state index in [0.717, 1.165) is 25.7 Å². The number of nitrogens with one attached hydrogen (secondary N) is 1. The molecule has 10 heteroatoms. The van der Waals surface area contributed by atoms with Crippen LogP contribution in [0.2, 0.25) is 10.0 Å². The molecule has 0 aliphatic heterocycles. The van der Waals surface area contributed by atoms with Crippen LogP contribution < -0.4 is 5.32 Å². The van der Waals surface area contributed by atoms with E-state index in [9.17, 15) is 18.0 Å². The van der Waals surface area contributed by atoms with Crippen LogP contribution in [0.5, 0.6) is 0 Å². The van der Waals surface area contributed by atoms with Gasteiger partial charge in [-0.05, 0) is 49.9 Å². The largest absolute Gasteiger partial charge is 0.352 e. The summed E-state index contributed by atoms with van der Waals surface area (Å²) in [6, 6.07) is 12.8. The van der Waals surface area contributed by atoms with Gasteiger partial charge in [-0.3, -0.25) is 9.59 Å². The van der Waals surface area contributed by atoms with E-state index in [1.807, 2.05) is 6.92 Å². The van der Waals surface area contributed by atoms with Crippen LogP contribution in [0, 0.1) is 0 Å². The summed E-state index contributed by atoms with van der Waals surface area (Å²) < 4.78 is 26.9. The van der Waals surface area contributed by atoms with E-state index in [0.29, 0.717) is 28.5 Å². The molecular weight excluding hydrogens is 545 g/mol. The van der Waals surface area contributed by atoms with Gasteiger partial charge in [-0.1, -0.05) is 73.7 Å². The number of nitrogens with zero attached hydrogens (tertiary/aromatic N) is 2. The van der Waals surface area contributed by atoms with Crippen molar-refractivity contribution in [2.75, 3.05) is 13.6 Å². The summed E-state index contributed by atoms with van der Waals surface area (Å²) in [6.45, 7) is 2.13. The summed E-state index contributed by atoms with van der Waals surface area (Å²) in [5, 5.41) is 3.99. The molecule has 2 aromatic rings. The minimum Gasteiger partial charge on any atom is -0.352 e. The lowest BCUT2D eigenvalue weighted by Crippen LogP contribution is -2.51. The number of halogens is 2. The summed E-state index contributed by atoms with van der Waals surface area (Å²) in [6.07, 6.45) is 6.02.